The molecule has 0 radical (unpaired) electrons. The fraction of sp³-hybridized carbons (Fsp3) is 0.214. The molecule has 1 unspecified atom stereocenters. The summed E-state index contributed by atoms with van der Waals surface area (Å²) in [6.45, 7) is 2.03. The molecule has 5 N–H and O–H groups in total. The average molecular weight is 484 g/mol. The number of nitrogens with one attached hydrogen (secondary N) is 3. The summed E-state index contributed by atoms with van der Waals surface area (Å²) in [5.41, 5.74) is 12.1. The standard InChI is InChI=1S/C28H29N5OS/c1-31-27-20(16-29)9-10-25-23(27)15-26(35-25)28(34)33-12-11-32-24(17-33)22-8-3-2-6-19(22)13-18-5-4-7-21(30)14-18/h2-10,14-16,24,29,31-32H,11-13,17,30H2,1H3. The first-order valence-corrected chi connectivity index (χ1v) is 12.6. The molecule has 35 heavy (non-hydrogen) atoms. The maximum Gasteiger partial charge on any atom is 0.264 e. The highest BCUT2D eigenvalue weighted by Gasteiger charge is 2.27. The summed E-state index contributed by atoms with van der Waals surface area (Å²) >= 11 is 1.51. The maximum absolute atomic E-state index is 13.5. The van der Waals surface area contributed by atoms with E-state index in [-0.39, 0.29) is 11.9 Å². The Hall–Kier alpha value is -3.68. The van der Waals surface area contributed by atoms with Gasteiger partial charge in [-0.2, -0.15) is 0 Å². The van der Waals surface area contributed by atoms with Crippen LogP contribution in [0.15, 0.2) is 66.7 Å². The van der Waals surface area contributed by atoms with Crippen molar-refractivity contribution in [2.24, 2.45) is 0 Å². The normalized spacial score (nSPS) is 15.8. The van der Waals surface area contributed by atoms with E-state index >= 15 is 0 Å². The summed E-state index contributed by atoms with van der Waals surface area (Å²) in [6, 6.07) is 22.4. The monoisotopic (exact) mass is 483 g/mol. The molecular formula is C28H29N5OS. The molecule has 0 spiro atoms. The number of fused-ring (bicyclic) bond motifs is 1. The Kier molecular flexibility index (Phi) is 6.53. The van der Waals surface area contributed by atoms with Crippen LogP contribution in [0.4, 0.5) is 11.4 Å². The molecule has 1 aromatic heterocycles. The fourth-order valence-electron chi connectivity index (χ4n) is 4.89. The van der Waals surface area contributed by atoms with Gasteiger partial charge in [-0.15, -0.1) is 11.3 Å². The first-order chi connectivity index (χ1) is 17.1. The van der Waals surface area contributed by atoms with Crippen LogP contribution in [0.5, 0.6) is 0 Å². The van der Waals surface area contributed by atoms with Gasteiger partial charge in [0, 0.05) is 54.2 Å². The maximum atomic E-state index is 13.5. The lowest BCUT2D eigenvalue weighted by molar-refractivity contribution is 0.0707. The summed E-state index contributed by atoms with van der Waals surface area (Å²) in [6.07, 6.45) is 2.14. The van der Waals surface area contributed by atoms with E-state index in [1.165, 1.54) is 34.2 Å². The minimum Gasteiger partial charge on any atom is -0.399 e. The van der Waals surface area contributed by atoms with Crippen molar-refractivity contribution in [2.45, 2.75) is 12.5 Å². The number of carbonyl (C=O) groups is 1. The predicted molar refractivity (Wildman–Crippen MR) is 146 cm³/mol. The summed E-state index contributed by atoms with van der Waals surface area (Å²) in [5, 5.41) is 15.5. The first-order valence-electron chi connectivity index (χ1n) is 11.8. The van der Waals surface area contributed by atoms with Crippen LogP contribution >= 0.6 is 11.3 Å². The summed E-state index contributed by atoms with van der Waals surface area (Å²) in [5.74, 6) is 0.0597. The van der Waals surface area contributed by atoms with Gasteiger partial charge >= 0.3 is 0 Å². The molecule has 4 aromatic rings. The quantitative estimate of drug-likeness (QED) is 0.232. The highest BCUT2D eigenvalue weighted by molar-refractivity contribution is 7.20. The van der Waals surface area contributed by atoms with Crippen molar-refractivity contribution in [3.63, 3.8) is 0 Å². The molecule has 1 aliphatic rings. The number of hydrogen-bond acceptors (Lipinski definition) is 6. The molecule has 1 saturated heterocycles. The molecule has 1 atom stereocenters. The Morgan fingerprint density at radius 1 is 1.20 bits per heavy atom. The summed E-state index contributed by atoms with van der Waals surface area (Å²) < 4.78 is 1.04. The minimum atomic E-state index is 0.0597. The average Bonchev–Trinajstić information content (AvgIpc) is 3.32. The molecule has 1 amide bonds. The van der Waals surface area contributed by atoms with Crippen LogP contribution in [0, 0.1) is 5.41 Å². The number of rotatable bonds is 6. The lowest BCUT2D eigenvalue weighted by Crippen LogP contribution is -2.48. The number of carbonyl (C=O) groups excluding carboxylic acids is 1. The van der Waals surface area contributed by atoms with Crippen molar-refractivity contribution < 1.29 is 4.79 Å². The molecule has 2 heterocycles. The van der Waals surface area contributed by atoms with Crippen molar-refractivity contribution in [3.05, 3.63) is 93.9 Å². The number of nitrogen functional groups attached to an aromatic ring is 1. The van der Waals surface area contributed by atoms with Gasteiger partial charge in [0.1, 0.15) is 0 Å². The third kappa shape index (κ3) is 4.65. The van der Waals surface area contributed by atoms with Gasteiger partial charge < -0.3 is 26.7 Å². The van der Waals surface area contributed by atoms with Crippen molar-refractivity contribution in [1.82, 2.24) is 10.2 Å². The van der Waals surface area contributed by atoms with Gasteiger partial charge in [-0.1, -0.05) is 36.4 Å². The smallest absolute Gasteiger partial charge is 0.264 e. The zero-order chi connectivity index (χ0) is 24.4. The van der Waals surface area contributed by atoms with Gasteiger partial charge in [-0.05, 0) is 53.4 Å². The van der Waals surface area contributed by atoms with Crippen molar-refractivity contribution >= 4 is 44.9 Å². The minimum absolute atomic E-state index is 0.0597. The molecule has 1 aliphatic heterocycles. The lowest BCUT2D eigenvalue weighted by Gasteiger charge is -2.34. The van der Waals surface area contributed by atoms with E-state index < -0.39 is 0 Å². The zero-order valence-corrected chi connectivity index (χ0v) is 20.5. The van der Waals surface area contributed by atoms with E-state index in [1.54, 1.807) is 0 Å². The van der Waals surface area contributed by atoms with Gasteiger partial charge in [0.2, 0.25) is 0 Å². The van der Waals surface area contributed by atoms with Crippen LogP contribution in [-0.4, -0.2) is 43.7 Å². The molecule has 3 aromatic carbocycles. The Balaban J connectivity index is 1.39. The summed E-state index contributed by atoms with van der Waals surface area (Å²) in [7, 11) is 1.85. The molecule has 0 aliphatic carbocycles. The highest BCUT2D eigenvalue weighted by atomic mass is 32.1. The Morgan fingerprint density at radius 3 is 2.86 bits per heavy atom. The van der Waals surface area contributed by atoms with Crippen molar-refractivity contribution in [2.75, 3.05) is 37.7 Å². The van der Waals surface area contributed by atoms with Crippen LogP contribution in [0.25, 0.3) is 10.1 Å². The molecule has 0 saturated carbocycles. The van der Waals surface area contributed by atoms with E-state index in [1.807, 2.05) is 48.3 Å². The second kappa shape index (κ2) is 9.90. The highest BCUT2D eigenvalue weighted by Crippen LogP contribution is 2.34. The number of nitrogens with zero attached hydrogens (tertiary/aromatic N) is 1. The predicted octanol–water partition coefficient (Wildman–Crippen LogP) is 4.90. The van der Waals surface area contributed by atoms with E-state index in [2.05, 4.69) is 41.0 Å². The fourth-order valence-corrected chi connectivity index (χ4v) is 5.93. The lowest BCUT2D eigenvalue weighted by atomic mass is 9.94. The molecule has 1 fully saturated rings. The number of benzene rings is 3. The zero-order valence-electron chi connectivity index (χ0n) is 19.7. The van der Waals surface area contributed by atoms with E-state index in [0.717, 1.165) is 44.9 Å². The first kappa shape index (κ1) is 23.1. The van der Waals surface area contributed by atoms with Crippen LogP contribution < -0.4 is 16.4 Å². The van der Waals surface area contributed by atoms with Crippen molar-refractivity contribution in [1.29, 1.82) is 5.41 Å². The van der Waals surface area contributed by atoms with Gasteiger partial charge in [0.05, 0.1) is 16.6 Å². The molecular weight excluding hydrogens is 454 g/mol. The Labute approximate surface area is 209 Å². The number of hydrogen-bond donors (Lipinski definition) is 4. The molecule has 6 nitrogen and oxygen atoms in total. The number of anilines is 2. The van der Waals surface area contributed by atoms with Gasteiger partial charge in [-0.25, -0.2) is 0 Å². The topological polar surface area (TPSA) is 94.2 Å². The Morgan fingerprint density at radius 2 is 2.06 bits per heavy atom. The third-order valence-electron chi connectivity index (χ3n) is 6.59. The molecule has 0 bridgehead atoms. The third-order valence-corrected chi connectivity index (χ3v) is 7.68. The Bertz CT molecular complexity index is 1400. The molecule has 5 rings (SSSR count). The molecule has 7 heteroatoms. The second-order valence-corrected chi connectivity index (χ2v) is 9.91. The summed E-state index contributed by atoms with van der Waals surface area (Å²) in [4.78, 5) is 16.2. The number of thiophene rings is 1. The van der Waals surface area contributed by atoms with Crippen LogP contribution in [0.3, 0.4) is 0 Å². The second-order valence-electron chi connectivity index (χ2n) is 8.83. The van der Waals surface area contributed by atoms with Gasteiger partial charge in [0.25, 0.3) is 5.91 Å². The van der Waals surface area contributed by atoms with E-state index in [9.17, 15) is 4.79 Å². The van der Waals surface area contributed by atoms with Crippen LogP contribution in [0.2, 0.25) is 0 Å². The van der Waals surface area contributed by atoms with Gasteiger partial charge in [-0.3, -0.25) is 4.79 Å². The largest absolute Gasteiger partial charge is 0.399 e. The van der Waals surface area contributed by atoms with Crippen LogP contribution in [0.1, 0.15) is 38.0 Å². The number of amides is 1. The SMILES string of the molecule is CNc1c(C=N)ccc2sc(C(=O)N3CCNC(c4ccccc4Cc4cccc(N)c4)C3)cc12. The van der Waals surface area contributed by atoms with E-state index in [0.29, 0.717) is 13.1 Å². The number of nitrogens with two attached hydrogens (primary N) is 1. The van der Waals surface area contributed by atoms with E-state index in [4.69, 9.17) is 11.1 Å². The number of piperazine rings is 1. The van der Waals surface area contributed by atoms with Crippen LogP contribution in [-0.2, 0) is 6.42 Å². The van der Waals surface area contributed by atoms with Crippen molar-refractivity contribution in [3.8, 4) is 0 Å². The van der Waals surface area contributed by atoms with Gasteiger partial charge in [0.15, 0.2) is 0 Å². The molecule has 178 valence electrons.